The summed E-state index contributed by atoms with van der Waals surface area (Å²) in [7, 11) is -3.99. The van der Waals surface area contributed by atoms with Crippen molar-refractivity contribution in [2.45, 2.75) is 11.8 Å². The Morgan fingerprint density at radius 2 is 2.11 bits per heavy atom. The maximum atomic E-state index is 13.6. The van der Waals surface area contributed by atoms with Gasteiger partial charge in [-0.15, -0.1) is 10.2 Å². The highest BCUT2D eigenvalue weighted by Crippen LogP contribution is 2.23. The molecule has 0 aliphatic rings. The van der Waals surface area contributed by atoms with Crippen molar-refractivity contribution in [1.82, 2.24) is 10.2 Å². The maximum absolute atomic E-state index is 13.6. The first-order valence-electron chi connectivity index (χ1n) is 4.66. The van der Waals surface area contributed by atoms with Crippen LogP contribution in [0.3, 0.4) is 0 Å². The Hall–Kier alpha value is -1.06. The van der Waals surface area contributed by atoms with E-state index in [4.69, 9.17) is 0 Å². The summed E-state index contributed by atoms with van der Waals surface area (Å²) in [4.78, 5) is -0.432. The third-order valence-electron chi connectivity index (χ3n) is 1.93. The zero-order chi connectivity index (χ0) is 13.3. The molecular weight excluding hydrogens is 345 g/mol. The highest BCUT2D eigenvalue weighted by Gasteiger charge is 2.20. The third kappa shape index (κ3) is 2.85. The average molecular weight is 352 g/mol. The number of hydrogen-bond donors (Lipinski definition) is 1. The molecule has 0 unspecified atom stereocenters. The van der Waals surface area contributed by atoms with Crippen molar-refractivity contribution in [2.75, 3.05) is 4.72 Å². The summed E-state index contributed by atoms with van der Waals surface area (Å²) in [6.45, 7) is 1.69. The summed E-state index contributed by atoms with van der Waals surface area (Å²) >= 11 is 4.13. The van der Waals surface area contributed by atoms with Gasteiger partial charge in [-0.25, -0.2) is 12.8 Å². The fourth-order valence-electron chi connectivity index (χ4n) is 1.20. The van der Waals surface area contributed by atoms with Crippen molar-refractivity contribution < 1.29 is 12.8 Å². The highest BCUT2D eigenvalue weighted by molar-refractivity contribution is 9.10. The van der Waals surface area contributed by atoms with Crippen molar-refractivity contribution in [3.05, 3.63) is 33.5 Å². The van der Waals surface area contributed by atoms with Crippen molar-refractivity contribution in [3.63, 3.8) is 0 Å². The van der Waals surface area contributed by atoms with E-state index in [1.54, 1.807) is 6.92 Å². The Morgan fingerprint density at radius 3 is 2.67 bits per heavy atom. The van der Waals surface area contributed by atoms with Gasteiger partial charge in [0.05, 0.1) is 0 Å². The molecule has 0 radical (unpaired) electrons. The number of rotatable bonds is 3. The number of aromatic nitrogens is 2. The predicted molar refractivity (Wildman–Crippen MR) is 69.6 cm³/mol. The minimum atomic E-state index is -3.99. The average Bonchev–Trinajstić information content (AvgIpc) is 2.62. The normalized spacial score (nSPS) is 11.5. The molecular formula is C9H7BrFN3O2S2. The zero-order valence-electron chi connectivity index (χ0n) is 9.02. The van der Waals surface area contributed by atoms with Crippen LogP contribution in [0, 0.1) is 12.7 Å². The van der Waals surface area contributed by atoms with E-state index >= 15 is 0 Å². The molecule has 5 nitrogen and oxygen atoms in total. The Morgan fingerprint density at radius 1 is 1.39 bits per heavy atom. The Labute approximate surface area is 115 Å². The first kappa shape index (κ1) is 13.4. The Kier molecular flexibility index (Phi) is 3.64. The lowest BCUT2D eigenvalue weighted by Gasteiger charge is -2.05. The van der Waals surface area contributed by atoms with Crippen LogP contribution in [0.15, 0.2) is 27.6 Å². The van der Waals surface area contributed by atoms with Crippen LogP contribution in [-0.2, 0) is 10.0 Å². The first-order valence-corrected chi connectivity index (χ1v) is 7.76. The molecule has 1 aromatic heterocycles. The molecule has 0 spiro atoms. The largest absolute Gasteiger partial charge is 0.266 e. The highest BCUT2D eigenvalue weighted by atomic mass is 79.9. The number of halogens is 2. The summed E-state index contributed by atoms with van der Waals surface area (Å²) in [5.74, 6) is -0.835. The molecule has 0 aliphatic carbocycles. The van der Waals surface area contributed by atoms with Crippen molar-refractivity contribution in [2.24, 2.45) is 0 Å². The number of sulfonamides is 1. The molecule has 0 atom stereocenters. The van der Waals surface area contributed by atoms with Crippen LogP contribution < -0.4 is 4.72 Å². The van der Waals surface area contributed by atoms with E-state index in [0.29, 0.717) is 9.48 Å². The van der Waals surface area contributed by atoms with Crippen molar-refractivity contribution in [1.29, 1.82) is 0 Å². The SMILES string of the molecule is Cc1nnc(NS(=O)(=O)c2ccc(Br)cc2F)s1. The first-order chi connectivity index (χ1) is 8.38. The number of nitrogens with zero attached hydrogens (tertiary/aromatic N) is 2. The summed E-state index contributed by atoms with van der Waals surface area (Å²) < 4.78 is 40.0. The van der Waals surface area contributed by atoms with Crippen LogP contribution in [-0.4, -0.2) is 18.6 Å². The number of hydrogen-bond acceptors (Lipinski definition) is 5. The Bertz CT molecular complexity index is 687. The van der Waals surface area contributed by atoms with Crippen LogP contribution in [0.2, 0.25) is 0 Å². The molecule has 18 heavy (non-hydrogen) atoms. The summed E-state index contributed by atoms with van der Waals surface area (Å²) in [5.41, 5.74) is 0. The monoisotopic (exact) mass is 351 g/mol. The molecule has 9 heteroatoms. The molecule has 0 bridgehead atoms. The van der Waals surface area contributed by atoms with Gasteiger partial charge in [0.15, 0.2) is 0 Å². The summed E-state index contributed by atoms with van der Waals surface area (Å²) in [6, 6.07) is 3.71. The van der Waals surface area contributed by atoms with Gasteiger partial charge in [0.25, 0.3) is 10.0 Å². The van der Waals surface area contributed by atoms with E-state index in [2.05, 4.69) is 30.8 Å². The van der Waals surface area contributed by atoms with E-state index in [0.717, 1.165) is 17.4 Å². The second-order valence-corrected chi connectivity index (χ2v) is 7.05. The van der Waals surface area contributed by atoms with E-state index in [-0.39, 0.29) is 5.13 Å². The molecule has 1 aromatic carbocycles. The fraction of sp³-hybridized carbons (Fsp3) is 0.111. The second-order valence-electron chi connectivity index (χ2n) is 3.31. The lowest BCUT2D eigenvalue weighted by atomic mass is 10.3. The smallest absolute Gasteiger partial charge is 0.253 e. The molecule has 2 aromatic rings. The quantitative estimate of drug-likeness (QED) is 0.922. The number of aryl methyl sites for hydroxylation is 1. The van der Waals surface area contributed by atoms with Gasteiger partial charge in [-0.3, -0.25) is 4.72 Å². The fourth-order valence-corrected chi connectivity index (χ4v) is 3.42. The van der Waals surface area contributed by atoms with Gasteiger partial charge in [0.2, 0.25) is 5.13 Å². The molecule has 1 N–H and O–H groups in total. The molecule has 2 rings (SSSR count). The summed E-state index contributed by atoms with van der Waals surface area (Å²) in [5, 5.41) is 8.01. The van der Waals surface area contributed by atoms with Gasteiger partial charge >= 0.3 is 0 Å². The number of nitrogens with one attached hydrogen (secondary N) is 1. The number of anilines is 1. The van der Waals surface area contributed by atoms with Crippen molar-refractivity contribution in [3.8, 4) is 0 Å². The van der Waals surface area contributed by atoms with E-state index < -0.39 is 20.7 Å². The van der Waals surface area contributed by atoms with Crippen LogP contribution in [0.25, 0.3) is 0 Å². The van der Waals surface area contributed by atoms with Gasteiger partial charge in [0, 0.05) is 4.47 Å². The Balaban J connectivity index is 2.36. The minimum absolute atomic E-state index is 0.106. The van der Waals surface area contributed by atoms with Gasteiger partial charge in [-0.2, -0.15) is 0 Å². The third-order valence-corrected chi connectivity index (χ3v) is 4.68. The molecule has 0 saturated carbocycles. The molecule has 0 saturated heterocycles. The van der Waals surface area contributed by atoms with Crippen LogP contribution in [0.5, 0.6) is 0 Å². The minimum Gasteiger partial charge on any atom is -0.253 e. The van der Waals surface area contributed by atoms with Crippen LogP contribution in [0.1, 0.15) is 5.01 Å². The molecule has 96 valence electrons. The van der Waals surface area contributed by atoms with Crippen LogP contribution in [0.4, 0.5) is 9.52 Å². The topological polar surface area (TPSA) is 72.0 Å². The zero-order valence-corrected chi connectivity index (χ0v) is 12.2. The van der Waals surface area contributed by atoms with E-state index in [1.165, 1.54) is 12.1 Å². The lowest BCUT2D eigenvalue weighted by molar-refractivity contribution is 0.570. The van der Waals surface area contributed by atoms with Gasteiger partial charge in [-0.1, -0.05) is 27.3 Å². The molecule has 0 aliphatic heterocycles. The van der Waals surface area contributed by atoms with E-state index in [9.17, 15) is 12.8 Å². The molecule has 0 amide bonds. The molecule has 0 fully saturated rings. The van der Waals surface area contributed by atoms with Gasteiger partial charge in [0.1, 0.15) is 15.7 Å². The van der Waals surface area contributed by atoms with E-state index in [1.807, 2.05) is 0 Å². The lowest BCUT2D eigenvalue weighted by Crippen LogP contribution is -2.14. The maximum Gasteiger partial charge on any atom is 0.266 e. The molecule has 1 heterocycles. The van der Waals surface area contributed by atoms with Crippen molar-refractivity contribution >= 4 is 42.4 Å². The van der Waals surface area contributed by atoms with Gasteiger partial charge in [-0.05, 0) is 25.1 Å². The second kappa shape index (κ2) is 4.90. The van der Waals surface area contributed by atoms with Gasteiger partial charge < -0.3 is 0 Å². The predicted octanol–water partition coefficient (Wildman–Crippen LogP) is 2.55. The number of benzene rings is 1. The standard InChI is InChI=1S/C9H7BrFN3O2S2/c1-5-12-13-9(17-5)14-18(15,16)8-3-2-6(10)4-7(8)11/h2-4H,1H3,(H,13,14). The summed E-state index contributed by atoms with van der Waals surface area (Å²) in [6.07, 6.45) is 0. The van der Waals surface area contributed by atoms with Crippen LogP contribution >= 0.6 is 27.3 Å².